The summed E-state index contributed by atoms with van der Waals surface area (Å²) in [5.41, 5.74) is 1.36. The van der Waals surface area contributed by atoms with Gasteiger partial charge in [0.25, 0.3) is 0 Å². The molecule has 1 aliphatic rings. The Balaban J connectivity index is 1.62. The van der Waals surface area contributed by atoms with Gasteiger partial charge in [0.1, 0.15) is 23.4 Å². The van der Waals surface area contributed by atoms with E-state index in [-0.39, 0.29) is 11.5 Å². The second kappa shape index (κ2) is 6.06. The number of hydrogen-bond donors (Lipinski definition) is 2. The molecule has 0 saturated carbocycles. The molecule has 0 amide bonds. The Hall–Kier alpha value is -3.46. The number of fused-ring (bicyclic) bond motifs is 3. The zero-order chi connectivity index (χ0) is 18.4. The molecule has 0 spiro atoms. The third-order valence-electron chi connectivity index (χ3n) is 5.20. The molecule has 1 unspecified atom stereocenters. The van der Waals surface area contributed by atoms with Crippen LogP contribution in [0.2, 0.25) is 0 Å². The molecular formula is C24H18O3. The van der Waals surface area contributed by atoms with Gasteiger partial charge in [-0.1, -0.05) is 60.7 Å². The summed E-state index contributed by atoms with van der Waals surface area (Å²) in [5, 5.41) is 25.2. The normalized spacial score (nSPS) is 15.8. The topological polar surface area (TPSA) is 49.7 Å². The van der Waals surface area contributed by atoms with Gasteiger partial charge in [-0.2, -0.15) is 0 Å². The lowest BCUT2D eigenvalue weighted by Gasteiger charge is -2.25. The van der Waals surface area contributed by atoms with Crippen molar-refractivity contribution in [3.05, 3.63) is 90.0 Å². The van der Waals surface area contributed by atoms with E-state index in [2.05, 4.69) is 6.07 Å². The van der Waals surface area contributed by atoms with Crippen LogP contribution in [-0.2, 0) is 6.42 Å². The number of ether oxygens (including phenoxy) is 1. The zero-order valence-corrected chi connectivity index (χ0v) is 14.6. The Bertz CT molecular complexity index is 1210. The van der Waals surface area contributed by atoms with E-state index in [4.69, 9.17) is 4.74 Å². The lowest BCUT2D eigenvalue weighted by atomic mass is 9.89. The van der Waals surface area contributed by atoms with Crippen LogP contribution in [0.15, 0.2) is 78.9 Å². The molecule has 5 rings (SSSR count). The molecule has 3 nitrogen and oxygen atoms in total. The number of phenols is 2. The van der Waals surface area contributed by atoms with Crippen molar-refractivity contribution < 1.29 is 14.9 Å². The third kappa shape index (κ3) is 2.51. The van der Waals surface area contributed by atoms with Gasteiger partial charge in [0.05, 0.1) is 0 Å². The summed E-state index contributed by atoms with van der Waals surface area (Å²) in [4.78, 5) is 0. The highest BCUT2D eigenvalue weighted by atomic mass is 16.5. The second-order valence-electron chi connectivity index (χ2n) is 6.81. The van der Waals surface area contributed by atoms with Gasteiger partial charge in [-0.15, -0.1) is 0 Å². The average molecular weight is 354 g/mol. The molecule has 4 aromatic rings. The van der Waals surface area contributed by atoms with E-state index >= 15 is 0 Å². The van der Waals surface area contributed by atoms with Crippen molar-refractivity contribution in [2.24, 2.45) is 0 Å². The summed E-state index contributed by atoms with van der Waals surface area (Å²) in [5.74, 6) is 1.12. The molecule has 0 aromatic heterocycles. The number of hydrogen-bond acceptors (Lipinski definition) is 3. The molecule has 0 fully saturated rings. The Morgan fingerprint density at radius 3 is 2.30 bits per heavy atom. The molecule has 27 heavy (non-hydrogen) atoms. The minimum absolute atomic E-state index is 0.175. The van der Waals surface area contributed by atoms with Gasteiger partial charge >= 0.3 is 0 Å². The summed E-state index contributed by atoms with van der Waals surface area (Å²) in [6.07, 6.45) is 4.02. The first-order valence-electron chi connectivity index (χ1n) is 9.00. The van der Waals surface area contributed by atoms with Crippen molar-refractivity contribution in [2.45, 2.75) is 12.5 Å². The molecule has 0 bridgehead atoms. The van der Waals surface area contributed by atoms with Crippen LogP contribution in [-0.4, -0.2) is 10.2 Å². The Morgan fingerprint density at radius 2 is 1.48 bits per heavy atom. The van der Waals surface area contributed by atoms with Crippen molar-refractivity contribution in [3.8, 4) is 17.2 Å². The molecule has 1 aliphatic carbocycles. The lowest BCUT2D eigenvalue weighted by Crippen LogP contribution is -2.12. The molecule has 132 valence electrons. The lowest BCUT2D eigenvalue weighted by molar-refractivity contribution is 0.246. The molecule has 0 saturated heterocycles. The van der Waals surface area contributed by atoms with Crippen LogP contribution >= 0.6 is 0 Å². The number of allylic oxidation sites excluding steroid dienone is 1. The monoisotopic (exact) mass is 354 g/mol. The fraction of sp³-hybridized carbons (Fsp3) is 0.0833. The summed E-state index contributed by atoms with van der Waals surface area (Å²) in [6.45, 7) is 0. The van der Waals surface area contributed by atoms with E-state index in [0.717, 1.165) is 22.1 Å². The largest absolute Gasteiger partial charge is 0.507 e. The Kier molecular flexibility index (Phi) is 3.54. The molecule has 0 aliphatic heterocycles. The van der Waals surface area contributed by atoms with E-state index < -0.39 is 6.10 Å². The van der Waals surface area contributed by atoms with E-state index in [0.29, 0.717) is 22.8 Å². The summed E-state index contributed by atoms with van der Waals surface area (Å²) in [7, 11) is 0. The van der Waals surface area contributed by atoms with Crippen LogP contribution in [0.4, 0.5) is 0 Å². The highest BCUT2D eigenvalue weighted by molar-refractivity contribution is 5.96. The van der Waals surface area contributed by atoms with Crippen LogP contribution in [0.3, 0.4) is 0 Å². The minimum Gasteiger partial charge on any atom is -0.507 e. The van der Waals surface area contributed by atoms with E-state index in [1.807, 2.05) is 72.8 Å². The van der Waals surface area contributed by atoms with Crippen molar-refractivity contribution in [2.75, 3.05) is 0 Å². The molecule has 2 N–H and O–H groups in total. The van der Waals surface area contributed by atoms with E-state index in [9.17, 15) is 10.2 Å². The van der Waals surface area contributed by atoms with E-state index in [1.165, 1.54) is 0 Å². The maximum atomic E-state index is 10.9. The van der Waals surface area contributed by atoms with Crippen molar-refractivity contribution in [3.63, 3.8) is 0 Å². The van der Waals surface area contributed by atoms with E-state index in [1.54, 1.807) is 0 Å². The highest BCUT2D eigenvalue weighted by Crippen LogP contribution is 2.45. The smallest absolute Gasteiger partial charge is 0.146 e. The summed E-state index contributed by atoms with van der Waals surface area (Å²) in [6, 6.07) is 21.4. The number of rotatable bonds is 2. The average Bonchev–Trinajstić information content (AvgIpc) is 2.72. The van der Waals surface area contributed by atoms with Gasteiger partial charge in [-0.3, -0.25) is 0 Å². The Morgan fingerprint density at radius 1 is 0.778 bits per heavy atom. The summed E-state index contributed by atoms with van der Waals surface area (Å²) < 4.78 is 6.22. The van der Waals surface area contributed by atoms with Crippen LogP contribution in [0.1, 0.15) is 17.2 Å². The van der Waals surface area contributed by atoms with Gasteiger partial charge in [-0.05, 0) is 35.4 Å². The first-order valence-corrected chi connectivity index (χ1v) is 9.00. The SMILES string of the molecule is Oc1c2c(c(O)c3ccccc13)C(Oc1ccc3ccccc3c1)C=CC2. The van der Waals surface area contributed by atoms with Crippen LogP contribution in [0.25, 0.3) is 21.5 Å². The van der Waals surface area contributed by atoms with Crippen LogP contribution in [0, 0.1) is 0 Å². The molecular weight excluding hydrogens is 336 g/mol. The van der Waals surface area contributed by atoms with Gasteiger partial charge < -0.3 is 14.9 Å². The Labute approximate surface area is 156 Å². The number of aromatic hydroxyl groups is 2. The summed E-state index contributed by atoms with van der Waals surface area (Å²) >= 11 is 0. The maximum absolute atomic E-state index is 10.9. The van der Waals surface area contributed by atoms with Crippen molar-refractivity contribution in [1.29, 1.82) is 0 Å². The molecule has 4 aromatic carbocycles. The van der Waals surface area contributed by atoms with Crippen molar-refractivity contribution >= 4 is 21.5 Å². The van der Waals surface area contributed by atoms with Gasteiger partial charge in [-0.25, -0.2) is 0 Å². The second-order valence-corrected chi connectivity index (χ2v) is 6.81. The fourth-order valence-electron chi connectivity index (χ4n) is 3.88. The molecule has 0 radical (unpaired) electrons. The quantitative estimate of drug-likeness (QED) is 0.362. The zero-order valence-electron chi connectivity index (χ0n) is 14.6. The number of phenolic OH excluding ortho intramolecular Hbond substituents is 2. The first-order chi connectivity index (χ1) is 13.2. The number of benzene rings is 4. The molecule has 0 heterocycles. The third-order valence-corrected chi connectivity index (χ3v) is 5.20. The fourth-order valence-corrected chi connectivity index (χ4v) is 3.88. The molecule has 3 heteroatoms. The van der Waals surface area contributed by atoms with Gasteiger partial charge in [0.15, 0.2) is 0 Å². The van der Waals surface area contributed by atoms with Crippen molar-refractivity contribution in [1.82, 2.24) is 0 Å². The predicted molar refractivity (Wildman–Crippen MR) is 107 cm³/mol. The minimum atomic E-state index is -0.453. The first kappa shape index (κ1) is 15.8. The highest BCUT2D eigenvalue weighted by Gasteiger charge is 2.27. The maximum Gasteiger partial charge on any atom is 0.146 e. The predicted octanol–water partition coefficient (Wildman–Crippen LogP) is 5.64. The van der Waals surface area contributed by atoms with Crippen LogP contribution in [0.5, 0.6) is 17.2 Å². The van der Waals surface area contributed by atoms with Crippen LogP contribution < -0.4 is 4.74 Å². The van der Waals surface area contributed by atoms with Gasteiger partial charge in [0, 0.05) is 21.9 Å². The standard InChI is InChI=1S/C24H18O3/c25-23-18-8-3-4-9-19(18)24(26)22-20(23)10-5-11-21(22)27-17-13-12-15-6-1-2-7-16(15)14-17/h1-9,11-14,21,25-26H,10H2. The van der Waals surface area contributed by atoms with Gasteiger partial charge in [0.2, 0.25) is 0 Å². The molecule has 1 atom stereocenters.